The Morgan fingerprint density at radius 2 is 2.09 bits per heavy atom. The van der Waals surface area contributed by atoms with E-state index in [-0.39, 0.29) is 24.6 Å². The number of nitrogens with zero attached hydrogens (tertiary/aromatic N) is 3. The van der Waals surface area contributed by atoms with Gasteiger partial charge in [0, 0.05) is 44.2 Å². The van der Waals surface area contributed by atoms with Crippen LogP contribution in [-0.2, 0) is 17.5 Å². The monoisotopic (exact) mass is 462 g/mol. The number of rotatable bonds is 5. The van der Waals surface area contributed by atoms with Crippen molar-refractivity contribution in [3.8, 4) is 0 Å². The molecule has 0 bridgehead atoms. The van der Waals surface area contributed by atoms with Crippen LogP contribution in [-0.4, -0.2) is 41.4 Å². The fourth-order valence-corrected chi connectivity index (χ4v) is 4.28. The van der Waals surface area contributed by atoms with Crippen molar-refractivity contribution in [2.45, 2.75) is 25.6 Å². The van der Waals surface area contributed by atoms with Gasteiger partial charge in [-0.25, -0.2) is 4.99 Å². The van der Waals surface area contributed by atoms with E-state index in [0.717, 1.165) is 6.07 Å². The van der Waals surface area contributed by atoms with Crippen LogP contribution in [0.15, 0.2) is 56.4 Å². The second kappa shape index (κ2) is 8.30. The molecular weight excluding hydrogens is 441 g/mol. The molecule has 0 aromatic carbocycles. The topological polar surface area (TPSA) is 105 Å². The van der Waals surface area contributed by atoms with Crippen molar-refractivity contribution in [1.82, 2.24) is 9.80 Å². The lowest BCUT2D eigenvalue weighted by Crippen LogP contribution is -2.35. The summed E-state index contributed by atoms with van der Waals surface area (Å²) in [5.41, 5.74) is 5.37. The number of hydrogen-bond donors (Lipinski definition) is 1. The van der Waals surface area contributed by atoms with E-state index in [1.165, 1.54) is 35.7 Å². The molecule has 2 aliphatic rings. The van der Waals surface area contributed by atoms with Gasteiger partial charge < -0.3 is 19.5 Å². The third kappa shape index (κ3) is 3.94. The maximum atomic E-state index is 13.7. The molecule has 1 spiro atoms. The Morgan fingerprint density at radius 1 is 1.30 bits per heavy atom. The van der Waals surface area contributed by atoms with Crippen molar-refractivity contribution in [3.63, 3.8) is 0 Å². The number of aliphatic imine (C=N–C) groups is 1. The number of nitrogens with two attached hydrogens (primary N) is 1. The summed E-state index contributed by atoms with van der Waals surface area (Å²) in [6.07, 6.45) is 2.25. The molecule has 2 aromatic rings. The summed E-state index contributed by atoms with van der Waals surface area (Å²) in [4.78, 5) is 32.5. The van der Waals surface area contributed by atoms with Crippen LogP contribution in [0.3, 0.4) is 0 Å². The van der Waals surface area contributed by atoms with Gasteiger partial charge in [-0.2, -0.15) is 13.2 Å². The first-order valence-electron chi connectivity index (χ1n) is 10.1. The summed E-state index contributed by atoms with van der Waals surface area (Å²) in [7, 11) is 1.82. The van der Waals surface area contributed by atoms with Crippen molar-refractivity contribution in [1.29, 1.82) is 0 Å². The van der Waals surface area contributed by atoms with Crippen LogP contribution in [0.2, 0.25) is 0 Å². The summed E-state index contributed by atoms with van der Waals surface area (Å²) < 4.78 is 49.2. The molecule has 0 aliphatic carbocycles. The third-order valence-corrected chi connectivity index (χ3v) is 5.89. The van der Waals surface area contributed by atoms with Crippen LogP contribution < -0.4 is 5.73 Å². The molecule has 11 heteroatoms. The molecule has 4 heterocycles. The van der Waals surface area contributed by atoms with E-state index in [2.05, 4.69) is 4.99 Å². The maximum Gasteiger partial charge on any atom is 0.449 e. The molecule has 33 heavy (non-hydrogen) atoms. The third-order valence-electron chi connectivity index (χ3n) is 5.89. The summed E-state index contributed by atoms with van der Waals surface area (Å²) in [5, 5.41) is 0. The lowest BCUT2D eigenvalue weighted by Gasteiger charge is -2.25. The molecule has 2 aliphatic heterocycles. The Balaban J connectivity index is 1.73. The van der Waals surface area contributed by atoms with E-state index in [1.54, 1.807) is 6.08 Å². The van der Waals surface area contributed by atoms with Gasteiger partial charge in [-0.1, -0.05) is 0 Å². The second-order valence-electron chi connectivity index (χ2n) is 7.86. The number of alkyl halides is 3. The van der Waals surface area contributed by atoms with E-state index in [1.807, 2.05) is 11.9 Å². The van der Waals surface area contributed by atoms with E-state index in [4.69, 9.17) is 14.6 Å². The van der Waals surface area contributed by atoms with Crippen LogP contribution in [0, 0.1) is 5.41 Å². The lowest BCUT2D eigenvalue weighted by molar-refractivity contribution is -0.153. The lowest BCUT2D eigenvalue weighted by atomic mass is 9.81. The quantitative estimate of drug-likeness (QED) is 0.681. The van der Waals surface area contributed by atoms with Crippen molar-refractivity contribution < 1.29 is 31.6 Å². The van der Waals surface area contributed by atoms with E-state index in [9.17, 15) is 22.8 Å². The highest BCUT2D eigenvalue weighted by Gasteiger charge is 2.56. The molecule has 2 N–H and O–H groups in total. The number of amides is 1. The zero-order valence-electron chi connectivity index (χ0n) is 17.6. The number of furan rings is 2. The highest BCUT2D eigenvalue weighted by Crippen LogP contribution is 2.50. The molecule has 2 aromatic heterocycles. The summed E-state index contributed by atoms with van der Waals surface area (Å²) >= 11 is 0. The zero-order chi connectivity index (χ0) is 23.8. The van der Waals surface area contributed by atoms with Gasteiger partial charge in [0.15, 0.2) is 6.29 Å². The van der Waals surface area contributed by atoms with Crippen LogP contribution in [0.4, 0.5) is 13.2 Å². The number of carbonyl (C=O) groups is 2. The average Bonchev–Trinajstić information content (AvgIpc) is 3.53. The predicted molar refractivity (Wildman–Crippen MR) is 111 cm³/mol. The Hall–Kier alpha value is -3.76. The molecular formula is C22H21F3N4O4. The molecule has 1 amide bonds. The summed E-state index contributed by atoms with van der Waals surface area (Å²) in [6, 6.07) is 3.54. The minimum absolute atomic E-state index is 0.0247. The van der Waals surface area contributed by atoms with Crippen LogP contribution >= 0.6 is 0 Å². The van der Waals surface area contributed by atoms with E-state index >= 15 is 0 Å². The van der Waals surface area contributed by atoms with Gasteiger partial charge in [0.25, 0.3) is 0 Å². The standard InChI is InChI=1S/C22H21F3N4O4/c1-28-8-5-21(17(28)10-16-14(13-30)4-9-32-16)11-19(27-7-6-26)29(20(21)31)12-15-2-3-18(33-15)22(23,24)25/h2-4,6-7,9-10,13H,5,8,11-12,26H2,1H3/b7-6-,17-10-,27-19?. The number of halogens is 3. The highest BCUT2D eigenvalue weighted by molar-refractivity contribution is 6.10. The number of hydrogen-bond acceptors (Lipinski definition) is 7. The summed E-state index contributed by atoms with van der Waals surface area (Å²) in [6.45, 7) is 0.340. The minimum Gasteiger partial charge on any atom is -0.464 e. The van der Waals surface area contributed by atoms with Gasteiger partial charge in [-0.05, 0) is 24.6 Å². The molecule has 0 radical (unpaired) electrons. The number of amidine groups is 1. The molecule has 8 nitrogen and oxygen atoms in total. The molecule has 2 saturated heterocycles. The molecule has 1 unspecified atom stereocenters. The van der Waals surface area contributed by atoms with Gasteiger partial charge in [0.05, 0.1) is 23.8 Å². The first-order chi connectivity index (χ1) is 15.7. The van der Waals surface area contributed by atoms with Gasteiger partial charge in [0.2, 0.25) is 11.7 Å². The fraction of sp³-hybridized carbons (Fsp3) is 0.318. The van der Waals surface area contributed by atoms with Crippen molar-refractivity contribution in [2.75, 3.05) is 13.6 Å². The van der Waals surface area contributed by atoms with E-state index < -0.39 is 17.4 Å². The molecule has 2 fully saturated rings. The normalized spacial score (nSPS) is 23.8. The first kappa shape index (κ1) is 22.4. The van der Waals surface area contributed by atoms with Gasteiger partial charge in [0.1, 0.15) is 17.4 Å². The Labute approximate surface area is 186 Å². The van der Waals surface area contributed by atoms with Crippen molar-refractivity contribution >= 4 is 24.1 Å². The summed E-state index contributed by atoms with van der Waals surface area (Å²) in [5.74, 6) is -0.821. The van der Waals surface area contributed by atoms with Gasteiger partial charge >= 0.3 is 6.18 Å². The minimum atomic E-state index is -4.63. The van der Waals surface area contributed by atoms with Gasteiger partial charge in [-0.15, -0.1) is 0 Å². The first-order valence-corrected chi connectivity index (χ1v) is 10.1. The second-order valence-corrected chi connectivity index (χ2v) is 7.86. The zero-order valence-corrected chi connectivity index (χ0v) is 17.6. The number of likely N-dealkylation sites (tertiary alicyclic amines) is 2. The molecule has 1 atom stereocenters. The maximum absolute atomic E-state index is 13.7. The van der Waals surface area contributed by atoms with Crippen LogP contribution in [0.5, 0.6) is 0 Å². The van der Waals surface area contributed by atoms with Crippen LogP contribution in [0.25, 0.3) is 6.08 Å². The highest BCUT2D eigenvalue weighted by atomic mass is 19.4. The van der Waals surface area contributed by atoms with Crippen molar-refractivity contribution in [2.24, 2.45) is 16.1 Å². The Morgan fingerprint density at radius 3 is 2.76 bits per heavy atom. The Kier molecular flexibility index (Phi) is 5.64. The Bertz CT molecular complexity index is 1160. The average molecular weight is 462 g/mol. The molecule has 174 valence electrons. The predicted octanol–water partition coefficient (Wildman–Crippen LogP) is 3.63. The fourth-order valence-electron chi connectivity index (χ4n) is 4.28. The molecule has 4 rings (SSSR count). The largest absolute Gasteiger partial charge is 0.464 e. The number of carbonyl (C=O) groups excluding carboxylic acids is 2. The van der Waals surface area contributed by atoms with Crippen LogP contribution in [0.1, 0.15) is 40.5 Å². The number of aldehydes is 1. The SMILES string of the molecule is CN1CCC2(CC(=N/C=C\N)N(Cc3ccc(C(F)(F)F)o3)C2=O)/C1=C/c1occc1C=O. The smallest absolute Gasteiger partial charge is 0.449 e. The van der Waals surface area contributed by atoms with Gasteiger partial charge in [-0.3, -0.25) is 14.5 Å². The molecule has 0 saturated carbocycles. The van der Waals surface area contributed by atoms with Crippen molar-refractivity contribution in [3.05, 3.63) is 65.4 Å². The van der Waals surface area contributed by atoms with E-state index in [0.29, 0.717) is 42.1 Å².